The van der Waals surface area contributed by atoms with Crippen molar-refractivity contribution >= 4 is 11.9 Å². The first-order chi connectivity index (χ1) is 17.6. The van der Waals surface area contributed by atoms with Gasteiger partial charge in [0.05, 0.1) is 18.1 Å². The van der Waals surface area contributed by atoms with E-state index in [9.17, 15) is 9.59 Å². The van der Waals surface area contributed by atoms with Gasteiger partial charge in [-0.05, 0) is 80.3 Å². The van der Waals surface area contributed by atoms with Crippen LogP contribution < -0.4 is 4.74 Å². The van der Waals surface area contributed by atoms with Crippen LogP contribution in [0.3, 0.4) is 0 Å². The van der Waals surface area contributed by atoms with Crippen LogP contribution in [-0.4, -0.2) is 23.5 Å². The molecule has 0 radical (unpaired) electrons. The van der Waals surface area contributed by atoms with Crippen molar-refractivity contribution in [3.05, 3.63) is 59.4 Å². The predicted molar refractivity (Wildman–Crippen MR) is 142 cm³/mol. The van der Waals surface area contributed by atoms with E-state index in [0.717, 1.165) is 50.0 Å². The minimum absolute atomic E-state index is 0.00898. The summed E-state index contributed by atoms with van der Waals surface area (Å²) in [5.74, 6) is 6.91. The summed E-state index contributed by atoms with van der Waals surface area (Å²) in [7, 11) is 0. The smallest absolute Gasteiger partial charge is 0.339 e. The number of carbonyl (C=O) groups is 2. The molecular weight excluding hydrogens is 450 g/mol. The first-order valence-corrected chi connectivity index (χ1v) is 13.6. The van der Waals surface area contributed by atoms with Crippen LogP contribution in [0, 0.1) is 23.7 Å². The number of hydrogen-bond donors (Lipinski definition) is 0. The molecule has 0 amide bonds. The molecule has 192 valence electrons. The molecule has 2 aromatic rings. The predicted octanol–water partition coefficient (Wildman–Crippen LogP) is 7.12. The molecule has 5 heteroatoms. The number of pyridine rings is 1. The number of hydrogen-bond acceptors (Lipinski definition) is 5. The maximum Gasteiger partial charge on any atom is 0.339 e. The van der Waals surface area contributed by atoms with E-state index in [1.807, 2.05) is 12.1 Å². The molecule has 3 rings (SSSR count). The highest BCUT2D eigenvalue weighted by Gasteiger charge is 2.27. The van der Waals surface area contributed by atoms with Crippen LogP contribution in [0.25, 0.3) is 0 Å². The molecule has 0 spiro atoms. The first kappa shape index (κ1) is 27.5. The number of nitrogens with zero attached hydrogens (tertiary/aromatic N) is 1. The van der Waals surface area contributed by atoms with Gasteiger partial charge in [-0.1, -0.05) is 58.3 Å². The van der Waals surface area contributed by atoms with Gasteiger partial charge in [0.25, 0.3) is 0 Å². The van der Waals surface area contributed by atoms with Gasteiger partial charge in [0.15, 0.2) is 0 Å². The Morgan fingerprint density at radius 1 is 0.889 bits per heavy atom. The monoisotopic (exact) mass is 489 g/mol. The van der Waals surface area contributed by atoms with Crippen molar-refractivity contribution in [3.63, 3.8) is 0 Å². The number of ether oxygens (including phenoxy) is 2. The Morgan fingerprint density at radius 2 is 1.64 bits per heavy atom. The lowest BCUT2D eigenvalue weighted by molar-refractivity contribution is -0.140. The number of carbonyl (C=O) groups excluding carboxylic acids is 2. The van der Waals surface area contributed by atoms with Gasteiger partial charge >= 0.3 is 11.9 Å². The van der Waals surface area contributed by atoms with Gasteiger partial charge in [-0.15, -0.1) is 0 Å². The quantitative estimate of drug-likeness (QED) is 0.145. The Kier molecular flexibility index (Phi) is 11.5. The summed E-state index contributed by atoms with van der Waals surface area (Å²) in [5, 5.41) is 0. The van der Waals surface area contributed by atoms with E-state index < -0.39 is 0 Å². The van der Waals surface area contributed by atoms with E-state index in [2.05, 4.69) is 30.7 Å². The minimum atomic E-state index is -0.350. The van der Waals surface area contributed by atoms with E-state index in [1.165, 1.54) is 38.3 Å². The molecule has 1 aromatic carbocycles. The van der Waals surface area contributed by atoms with Crippen molar-refractivity contribution in [2.75, 3.05) is 6.61 Å². The summed E-state index contributed by atoms with van der Waals surface area (Å²) >= 11 is 0. The molecule has 1 saturated carbocycles. The van der Waals surface area contributed by atoms with Crippen LogP contribution in [0.1, 0.15) is 106 Å². The normalized spacial score (nSPS) is 17.1. The second kappa shape index (κ2) is 15.1. The molecule has 5 nitrogen and oxygen atoms in total. The number of benzene rings is 1. The van der Waals surface area contributed by atoms with Gasteiger partial charge in [0, 0.05) is 11.8 Å². The number of esters is 2. The third-order valence-electron chi connectivity index (χ3n) is 6.76. The summed E-state index contributed by atoms with van der Waals surface area (Å²) in [6.45, 7) is 4.84. The zero-order valence-corrected chi connectivity index (χ0v) is 21.8. The highest BCUT2D eigenvalue weighted by Crippen LogP contribution is 2.32. The van der Waals surface area contributed by atoms with E-state index in [4.69, 9.17) is 9.47 Å². The van der Waals surface area contributed by atoms with Crippen molar-refractivity contribution in [2.24, 2.45) is 11.8 Å². The highest BCUT2D eigenvalue weighted by molar-refractivity contribution is 5.89. The van der Waals surface area contributed by atoms with Gasteiger partial charge in [0.2, 0.25) is 0 Å². The topological polar surface area (TPSA) is 65.5 Å². The lowest BCUT2D eigenvalue weighted by atomic mass is 9.80. The second-order valence-electron chi connectivity index (χ2n) is 9.68. The molecule has 1 aromatic heterocycles. The lowest BCUT2D eigenvalue weighted by Crippen LogP contribution is -2.25. The zero-order chi connectivity index (χ0) is 25.6. The second-order valence-corrected chi connectivity index (χ2v) is 9.68. The van der Waals surface area contributed by atoms with Gasteiger partial charge in [-0.3, -0.25) is 4.79 Å². The molecule has 0 aliphatic heterocycles. The first-order valence-electron chi connectivity index (χ1n) is 13.6. The summed E-state index contributed by atoms with van der Waals surface area (Å²) in [6.07, 6.45) is 13.6. The third-order valence-corrected chi connectivity index (χ3v) is 6.76. The van der Waals surface area contributed by atoms with Crippen LogP contribution in [0.4, 0.5) is 0 Å². The summed E-state index contributed by atoms with van der Waals surface area (Å²) < 4.78 is 10.9. The van der Waals surface area contributed by atoms with Crippen molar-refractivity contribution < 1.29 is 19.1 Å². The third kappa shape index (κ3) is 9.15. The molecule has 0 N–H and O–H groups in total. The minimum Gasteiger partial charge on any atom is -0.462 e. The number of aromatic nitrogens is 1. The Morgan fingerprint density at radius 3 is 2.31 bits per heavy atom. The van der Waals surface area contributed by atoms with Crippen LogP contribution in [-0.2, 0) is 9.53 Å². The van der Waals surface area contributed by atoms with E-state index >= 15 is 0 Å². The van der Waals surface area contributed by atoms with Gasteiger partial charge < -0.3 is 9.47 Å². The fraction of sp³-hybridized carbons (Fsp3) is 0.516. The highest BCUT2D eigenvalue weighted by atomic mass is 16.5. The lowest BCUT2D eigenvalue weighted by Gasteiger charge is -2.26. The van der Waals surface area contributed by atoms with Crippen LogP contribution >= 0.6 is 0 Å². The summed E-state index contributed by atoms with van der Waals surface area (Å²) in [5.41, 5.74) is 1.79. The number of unbranched alkanes of at least 4 members (excludes halogenated alkanes) is 4. The molecule has 1 heterocycles. The summed E-state index contributed by atoms with van der Waals surface area (Å²) in [4.78, 5) is 28.9. The van der Waals surface area contributed by atoms with E-state index in [0.29, 0.717) is 23.6 Å². The average molecular weight is 490 g/mol. The molecule has 1 aliphatic rings. The van der Waals surface area contributed by atoms with Crippen molar-refractivity contribution in [2.45, 2.75) is 84.5 Å². The molecule has 1 aliphatic carbocycles. The molecule has 0 atom stereocenters. The maximum absolute atomic E-state index is 12.5. The van der Waals surface area contributed by atoms with Crippen molar-refractivity contribution in [1.82, 2.24) is 4.98 Å². The molecular formula is C31H39NO4. The Hall–Kier alpha value is -3.13. The molecule has 1 fully saturated rings. The van der Waals surface area contributed by atoms with E-state index in [1.54, 1.807) is 24.3 Å². The fourth-order valence-electron chi connectivity index (χ4n) is 4.58. The maximum atomic E-state index is 12.5. The Bertz CT molecular complexity index is 1010. The van der Waals surface area contributed by atoms with Crippen molar-refractivity contribution in [3.8, 4) is 17.6 Å². The fourth-order valence-corrected chi connectivity index (χ4v) is 4.58. The standard InChI is InChI=1S/C31H39NO4/c1-3-5-6-7-8-22-35-30(33)27-17-19-28(32-23-27)18-12-25-13-20-29(21-14-25)36-31(34)26-15-10-24(9-4-2)11-16-26/h13-14,17,19-21,23-24,26H,3-11,15-16,22H2,1-2H3. The number of rotatable bonds is 11. The molecule has 0 bridgehead atoms. The van der Waals surface area contributed by atoms with Gasteiger partial charge in [0.1, 0.15) is 11.4 Å². The molecule has 0 saturated heterocycles. The summed E-state index contributed by atoms with van der Waals surface area (Å²) in [6, 6.07) is 10.6. The van der Waals surface area contributed by atoms with Gasteiger partial charge in [-0.2, -0.15) is 0 Å². The van der Waals surface area contributed by atoms with Crippen LogP contribution in [0.2, 0.25) is 0 Å². The van der Waals surface area contributed by atoms with E-state index in [-0.39, 0.29) is 17.9 Å². The van der Waals surface area contributed by atoms with Crippen LogP contribution in [0.5, 0.6) is 5.75 Å². The molecule has 0 unspecified atom stereocenters. The zero-order valence-electron chi connectivity index (χ0n) is 21.8. The van der Waals surface area contributed by atoms with Crippen LogP contribution in [0.15, 0.2) is 42.6 Å². The SMILES string of the molecule is CCCCCCCOC(=O)c1ccc(C#Cc2ccc(OC(=O)C3CCC(CCC)CC3)cc2)nc1. The Labute approximate surface area is 216 Å². The van der Waals surface area contributed by atoms with Gasteiger partial charge in [-0.25, -0.2) is 9.78 Å². The Balaban J connectivity index is 1.44. The molecule has 36 heavy (non-hydrogen) atoms. The largest absolute Gasteiger partial charge is 0.462 e. The average Bonchev–Trinajstić information content (AvgIpc) is 2.91. The van der Waals surface area contributed by atoms with Crippen molar-refractivity contribution in [1.29, 1.82) is 0 Å².